The van der Waals surface area contributed by atoms with Crippen LogP contribution in [-0.2, 0) is 12.8 Å². The fraction of sp³-hybridized carbons (Fsp3) is 0.462. The average molecular weight is 276 g/mol. The molecule has 1 aliphatic rings. The van der Waals surface area contributed by atoms with E-state index in [0.717, 1.165) is 23.6 Å². The molecule has 19 heavy (non-hydrogen) atoms. The number of nitrogens with zero attached hydrogens (tertiary/aromatic N) is 2. The molecule has 0 saturated heterocycles. The summed E-state index contributed by atoms with van der Waals surface area (Å²) in [6, 6.07) is 2.04. The Morgan fingerprint density at radius 3 is 3.26 bits per heavy atom. The third-order valence-corrected chi connectivity index (χ3v) is 4.87. The number of hydrogen-bond acceptors (Lipinski definition) is 4. The molecule has 1 aliphatic carbocycles. The van der Waals surface area contributed by atoms with Gasteiger partial charge in [-0.1, -0.05) is 13.3 Å². The molecule has 1 atom stereocenters. The first-order valence-corrected chi connectivity index (χ1v) is 7.36. The number of aromatic nitrogens is 3. The first kappa shape index (κ1) is 12.3. The molecule has 0 radical (unpaired) electrons. The lowest BCUT2D eigenvalue weighted by atomic mass is 9.87. The zero-order valence-electron chi connectivity index (χ0n) is 10.8. The van der Waals surface area contributed by atoms with E-state index in [2.05, 4.69) is 27.4 Å². The van der Waals surface area contributed by atoms with Crippen molar-refractivity contribution in [3.63, 3.8) is 0 Å². The standard InChI is InChI=1S/C13H16N4OS/c1-2-8-3-4-10-9(5-8)6-11(19-10)12(18)16-13-14-7-15-17-13/h6-8H,2-5H2,1H3,(H2,14,15,16,17,18). The first-order chi connectivity index (χ1) is 9.26. The van der Waals surface area contributed by atoms with Gasteiger partial charge in [0.2, 0.25) is 5.95 Å². The van der Waals surface area contributed by atoms with Crippen LogP contribution >= 0.6 is 11.3 Å². The minimum Gasteiger partial charge on any atom is -0.290 e. The zero-order chi connectivity index (χ0) is 13.2. The van der Waals surface area contributed by atoms with Gasteiger partial charge < -0.3 is 0 Å². The van der Waals surface area contributed by atoms with Crippen LogP contribution in [0, 0.1) is 5.92 Å². The van der Waals surface area contributed by atoms with Gasteiger partial charge in [0, 0.05) is 4.88 Å². The predicted molar refractivity (Wildman–Crippen MR) is 74.5 cm³/mol. The van der Waals surface area contributed by atoms with Crippen molar-refractivity contribution < 1.29 is 4.79 Å². The van der Waals surface area contributed by atoms with Crippen molar-refractivity contribution in [1.82, 2.24) is 15.2 Å². The largest absolute Gasteiger partial charge is 0.290 e. The molecule has 0 aliphatic heterocycles. The third kappa shape index (κ3) is 2.53. The lowest BCUT2D eigenvalue weighted by Gasteiger charge is -2.19. The highest BCUT2D eigenvalue weighted by atomic mass is 32.1. The summed E-state index contributed by atoms with van der Waals surface area (Å²) in [6.07, 6.45) is 6.05. The predicted octanol–water partition coefficient (Wildman–Crippen LogP) is 2.63. The molecule has 0 spiro atoms. The molecule has 2 N–H and O–H groups in total. The Hall–Kier alpha value is -1.69. The van der Waals surface area contributed by atoms with E-state index in [1.807, 2.05) is 6.07 Å². The Bertz CT molecular complexity index is 575. The Kier molecular flexibility index (Phi) is 3.33. The van der Waals surface area contributed by atoms with E-state index in [-0.39, 0.29) is 5.91 Å². The summed E-state index contributed by atoms with van der Waals surface area (Å²) in [5.74, 6) is 1.05. The molecule has 2 aromatic rings. The summed E-state index contributed by atoms with van der Waals surface area (Å²) >= 11 is 1.60. The molecule has 0 saturated carbocycles. The highest BCUT2D eigenvalue weighted by molar-refractivity contribution is 7.14. The highest BCUT2D eigenvalue weighted by Gasteiger charge is 2.22. The number of rotatable bonds is 3. The molecule has 2 heterocycles. The van der Waals surface area contributed by atoms with Gasteiger partial charge in [-0.2, -0.15) is 10.1 Å². The van der Waals surface area contributed by atoms with Gasteiger partial charge in [-0.15, -0.1) is 11.3 Å². The molecular formula is C13H16N4OS. The van der Waals surface area contributed by atoms with Crippen LogP contribution in [0.5, 0.6) is 0 Å². The van der Waals surface area contributed by atoms with Crippen LogP contribution in [0.2, 0.25) is 0 Å². The van der Waals surface area contributed by atoms with Crippen molar-refractivity contribution in [3.8, 4) is 0 Å². The van der Waals surface area contributed by atoms with E-state index in [1.165, 1.54) is 29.6 Å². The average Bonchev–Trinajstić information content (AvgIpc) is 3.05. The van der Waals surface area contributed by atoms with Crippen LogP contribution < -0.4 is 5.32 Å². The number of carbonyl (C=O) groups is 1. The van der Waals surface area contributed by atoms with Gasteiger partial charge >= 0.3 is 0 Å². The minimum absolute atomic E-state index is 0.107. The molecule has 1 amide bonds. The van der Waals surface area contributed by atoms with Crippen molar-refractivity contribution in [2.24, 2.45) is 5.92 Å². The lowest BCUT2D eigenvalue weighted by molar-refractivity contribution is 0.102. The second kappa shape index (κ2) is 5.13. The van der Waals surface area contributed by atoms with E-state index in [1.54, 1.807) is 11.3 Å². The summed E-state index contributed by atoms with van der Waals surface area (Å²) in [7, 11) is 0. The Morgan fingerprint density at radius 1 is 1.63 bits per heavy atom. The highest BCUT2D eigenvalue weighted by Crippen LogP contribution is 2.33. The van der Waals surface area contributed by atoms with Crippen LogP contribution in [0.1, 0.15) is 39.9 Å². The minimum atomic E-state index is -0.107. The number of aryl methyl sites for hydroxylation is 1. The van der Waals surface area contributed by atoms with Crippen LogP contribution in [-0.4, -0.2) is 21.1 Å². The monoisotopic (exact) mass is 276 g/mol. The molecule has 0 fully saturated rings. The van der Waals surface area contributed by atoms with Gasteiger partial charge in [0.15, 0.2) is 0 Å². The Morgan fingerprint density at radius 2 is 2.53 bits per heavy atom. The zero-order valence-corrected chi connectivity index (χ0v) is 11.6. The Labute approximate surface area is 115 Å². The lowest BCUT2D eigenvalue weighted by Crippen LogP contribution is -2.11. The number of anilines is 1. The van der Waals surface area contributed by atoms with E-state index in [0.29, 0.717) is 5.95 Å². The van der Waals surface area contributed by atoms with Gasteiger partial charge in [-0.05, 0) is 36.8 Å². The maximum absolute atomic E-state index is 12.1. The van der Waals surface area contributed by atoms with Crippen molar-refractivity contribution in [2.75, 3.05) is 5.32 Å². The number of fused-ring (bicyclic) bond motifs is 1. The number of carbonyl (C=O) groups excluding carboxylic acids is 1. The van der Waals surface area contributed by atoms with Crippen molar-refractivity contribution >= 4 is 23.2 Å². The Balaban J connectivity index is 1.76. The van der Waals surface area contributed by atoms with Crippen molar-refractivity contribution in [2.45, 2.75) is 32.6 Å². The first-order valence-electron chi connectivity index (χ1n) is 6.54. The number of thiophene rings is 1. The van der Waals surface area contributed by atoms with Crippen LogP contribution in [0.15, 0.2) is 12.4 Å². The van der Waals surface area contributed by atoms with E-state index in [9.17, 15) is 4.79 Å². The second-order valence-corrected chi connectivity index (χ2v) is 6.00. The quantitative estimate of drug-likeness (QED) is 0.905. The molecule has 5 nitrogen and oxygen atoms in total. The van der Waals surface area contributed by atoms with Gasteiger partial charge in [0.05, 0.1) is 4.88 Å². The molecular weight excluding hydrogens is 260 g/mol. The normalized spacial score (nSPS) is 18.1. The number of nitrogens with one attached hydrogen (secondary N) is 2. The molecule has 0 bridgehead atoms. The van der Waals surface area contributed by atoms with Crippen LogP contribution in [0.4, 0.5) is 5.95 Å². The molecule has 100 valence electrons. The van der Waals surface area contributed by atoms with E-state index < -0.39 is 0 Å². The molecule has 2 aromatic heterocycles. The van der Waals surface area contributed by atoms with Crippen LogP contribution in [0.25, 0.3) is 0 Å². The fourth-order valence-electron chi connectivity index (χ4n) is 2.49. The summed E-state index contributed by atoms with van der Waals surface area (Å²) in [4.78, 5) is 18.1. The smallest absolute Gasteiger partial charge is 0.268 e. The fourth-order valence-corrected chi connectivity index (χ4v) is 3.60. The topological polar surface area (TPSA) is 70.7 Å². The van der Waals surface area contributed by atoms with Gasteiger partial charge in [-0.25, -0.2) is 5.10 Å². The van der Waals surface area contributed by atoms with Crippen molar-refractivity contribution in [1.29, 1.82) is 0 Å². The molecule has 0 aromatic carbocycles. The SMILES string of the molecule is CCC1CCc2sc(C(=O)Nc3ncn[nH]3)cc2C1. The van der Waals surface area contributed by atoms with E-state index >= 15 is 0 Å². The number of hydrogen-bond donors (Lipinski definition) is 2. The maximum Gasteiger partial charge on any atom is 0.268 e. The number of amides is 1. The van der Waals surface area contributed by atoms with E-state index in [4.69, 9.17) is 0 Å². The number of H-pyrrole nitrogens is 1. The van der Waals surface area contributed by atoms with Gasteiger partial charge in [-0.3, -0.25) is 10.1 Å². The van der Waals surface area contributed by atoms with Gasteiger partial charge in [0.1, 0.15) is 6.33 Å². The summed E-state index contributed by atoms with van der Waals surface area (Å²) in [5.41, 5.74) is 1.35. The van der Waals surface area contributed by atoms with Crippen LogP contribution in [0.3, 0.4) is 0 Å². The molecule has 6 heteroatoms. The molecule has 3 rings (SSSR count). The maximum atomic E-state index is 12.1. The summed E-state index contributed by atoms with van der Waals surface area (Å²) < 4.78 is 0. The van der Waals surface area contributed by atoms with Crippen molar-refractivity contribution in [3.05, 3.63) is 27.7 Å². The summed E-state index contributed by atoms with van der Waals surface area (Å²) in [5, 5.41) is 9.05. The molecule has 1 unspecified atom stereocenters. The third-order valence-electron chi connectivity index (χ3n) is 3.63. The number of aromatic amines is 1. The summed E-state index contributed by atoms with van der Waals surface area (Å²) in [6.45, 7) is 2.24. The van der Waals surface area contributed by atoms with Gasteiger partial charge in [0.25, 0.3) is 5.91 Å². The second-order valence-electron chi connectivity index (χ2n) is 4.86.